The van der Waals surface area contributed by atoms with E-state index in [9.17, 15) is 0 Å². The van der Waals surface area contributed by atoms with Crippen molar-refractivity contribution in [3.63, 3.8) is 0 Å². The zero-order chi connectivity index (χ0) is 13.4. The molecule has 0 aromatic heterocycles. The van der Waals surface area contributed by atoms with Gasteiger partial charge in [0.25, 0.3) is 0 Å². The van der Waals surface area contributed by atoms with Gasteiger partial charge in [0.2, 0.25) is 0 Å². The van der Waals surface area contributed by atoms with Crippen LogP contribution in [-0.2, 0) is 4.74 Å². The smallest absolute Gasteiger partial charge is 0.146 e. The van der Waals surface area contributed by atoms with Crippen LogP contribution in [0.1, 0.15) is 17.2 Å². The van der Waals surface area contributed by atoms with Crippen LogP contribution < -0.4 is 9.64 Å². The van der Waals surface area contributed by atoms with Crippen molar-refractivity contribution < 1.29 is 14.4 Å². The highest BCUT2D eigenvalue weighted by Gasteiger charge is 2.35. The fourth-order valence-corrected chi connectivity index (χ4v) is 3.27. The average molecular weight is 268 g/mol. The number of para-hydroxylation sites is 2. The molecule has 2 aromatic rings. The maximum Gasteiger partial charge on any atom is 0.146 e. The van der Waals surface area contributed by atoms with Gasteiger partial charge in [-0.3, -0.25) is 0 Å². The van der Waals surface area contributed by atoms with Crippen molar-refractivity contribution in [2.75, 3.05) is 26.3 Å². The van der Waals surface area contributed by atoms with Gasteiger partial charge < -0.3 is 14.4 Å². The highest BCUT2D eigenvalue weighted by molar-refractivity contribution is 5.51. The molecule has 1 N–H and O–H groups in total. The zero-order valence-corrected chi connectivity index (χ0v) is 11.3. The fraction of sp³-hybridized carbons (Fsp3) is 0.294. The van der Waals surface area contributed by atoms with Crippen LogP contribution in [-0.4, -0.2) is 26.3 Å². The van der Waals surface area contributed by atoms with E-state index in [4.69, 9.17) is 9.47 Å². The van der Waals surface area contributed by atoms with Gasteiger partial charge in [0.15, 0.2) is 0 Å². The van der Waals surface area contributed by atoms with E-state index in [1.165, 1.54) is 11.1 Å². The van der Waals surface area contributed by atoms with E-state index in [-0.39, 0.29) is 0 Å². The third-order valence-corrected chi connectivity index (χ3v) is 4.22. The number of fused-ring (bicyclic) bond motifs is 2. The number of morpholine rings is 1. The third-order valence-electron chi connectivity index (χ3n) is 4.22. The summed E-state index contributed by atoms with van der Waals surface area (Å²) in [6.07, 6.45) is 0. The molecule has 1 fully saturated rings. The molecule has 0 saturated carbocycles. The predicted octanol–water partition coefficient (Wildman–Crippen LogP) is 1.80. The van der Waals surface area contributed by atoms with Crippen LogP contribution in [0, 0.1) is 0 Å². The molecule has 0 aliphatic carbocycles. The minimum absolute atomic E-state index is 0.361. The molecule has 0 radical (unpaired) electrons. The molecule has 0 unspecified atom stereocenters. The Kier molecular flexibility index (Phi) is 2.94. The van der Waals surface area contributed by atoms with Crippen LogP contribution in [0.25, 0.3) is 0 Å². The Bertz CT molecular complexity index is 574. The number of hydrogen-bond acceptors (Lipinski definition) is 2. The quantitative estimate of drug-likeness (QED) is 0.852. The molecule has 0 amide bonds. The van der Waals surface area contributed by atoms with Gasteiger partial charge in [-0.15, -0.1) is 0 Å². The first-order chi connectivity index (χ1) is 9.93. The van der Waals surface area contributed by atoms with E-state index in [0.29, 0.717) is 6.04 Å². The maximum absolute atomic E-state index is 6.05. The summed E-state index contributed by atoms with van der Waals surface area (Å²) in [4.78, 5) is 1.57. The molecule has 0 spiro atoms. The lowest BCUT2D eigenvalue weighted by atomic mass is 9.93. The van der Waals surface area contributed by atoms with Gasteiger partial charge in [-0.2, -0.15) is 0 Å². The van der Waals surface area contributed by atoms with Crippen molar-refractivity contribution in [2.45, 2.75) is 6.04 Å². The van der Waals surface area contributed by atoms with Crippen molar-refractivity contribution in [1.82, 2.24) is 0 Å². The summed E-state index contributed by atoms with van der Waals surface area (Å²) in [6, 6.07) is 17.2. The van der Waals surface area contributed by atoms with Gasteiger partial charge in [0.05, 0.1) is 24.3 Å². The zero-order valence-electron chi connectivity index (χ0n) is 11.3. The van der Waals surface area contributed by atoms with Crippen LogP contribution in [0.5, 0.6) is 11.5 Å². The second-order valence-electron chi connectivity index (χ2n) is 5.38. The Balaban J connectivity index is 1.83. The second-order valence-corrected chi connectivity index (χ2v) is 5.38. The van der Waals surface area contributed by atoms with Crippen LogP contribution >= 0.6 is 0 Å². The normalized spacial score (nSPS) is 19.0. The molecule has 102 valence electrons. The molecule has 4 rings (SSSR count). The van der Waals surface area contributed by atoms with E-state index >= 15 is 0 Å². The molecule has 3 nitrogen and oxygen atoms in total. The lowest BCUT2D eigenvalue weighted by Gasteiger charge is -2.35. The van der Waals surface area contributed by atoms with Crippen LogP contribution in [0.3, 0.4) is 0 Å². The van der Waals surface area contributed by atoms with Gasteiger partial charge in [0.1, 0.15) is 30.6 Å². The molecule has 2 aliphatic heterocycles. The summed E-state index contributed by atoms with van der Waals surface area (Å²) < 4.78 is 11.6. The maximum atomic E-state index is 6.05. The topological polar surface area (TPSA) is 22.9 Å². The first kappa shape index (κ1) is 11.9. The summed E-state index contributed by atoms with van der Waals surface area (Å²) in [7, 11) is 0. The van der Waals surface area contributed by atoms with Crippen molar-refractivity contribution >= 4 is 0 Å². The standard InChI is InChI=1S/C17H17NO2/c1-3-7-15-13(5-1)17(18-9-11-19-12-10-18)14-6-2-4-8-16(14)20-15/h1-8,17H,9-12H2/p+1. The van der Waals surface area contributed by atoms with E-state index in [2.05, 4.69) is 36.4 Å². The highest BCUT2D eigenvalue weighted by atomic mass is 16.5. The Labute approximate surface area is 118 Å². The number of nitrogens with one attached hydrogen (secondary N) is 1. The van der Waals surface area contributed by atoms with Gasteiger partial charge in [0, 0.05) is 0 Å². The summed E-state index contributed by atoms with van der Waals surface area (Å²) >= 11 is 0. The Morgan fingerprint density at radius 3 is 1.95 bits per heavy atom. The van der Waals surface area contributed by atoms with E-state index in [1.807, 2.05) is 12.1 Å². The van der Waals surface area contributed by atoms with Gasteiger partial charge in [-0.1, -0.05) is 24.3 Å². The fourth-order valence-electron chi connectivity index (χ4n) is 3.27. The van der Waals surface area contributed by atoms with E-state index in [0.717, 1.165) is 37.8 Å². The van der Waals surface area contributed by atoms with Crippen molar-refractivity contribution in [3.05, 3.63) is 59.7 Å². The molecule has 0 atom stereocenters. The minimum atomic E-state index is 0.361. The minimum Gasteiger partial charge on any atom is -0.456 e. The molecule has 0 bridgehead atoms. The first-order valence-corrected chi connectivity index (χ1v) is 7.21. The predicted molar refractivity (Wildman–Crippen MR) is 76.3 cm³/mol. The molecular weight excluding hydrogens is 250 g/mol. The molecule has 3 heteroatoms. The monoisotopic (exact) mass is 268 g/mol. The Morgan fingerprint density at radius 2 is 1.35 bits per heavy atom. The molecular formula is C17H18NO2+. The van der Waals surface area contributed by atoms with Crippen molar-refractivity contribution in [2.24, 2.45) is 0 Å². The van der Waals surface area contributed by atoms with Gasteiger partial charge in [-0.25, -0.2) is 0 Å². The second kappa shape index (κ2) is 4.93. The van der Waals surface area contributed by atoms with Crippen LogP contribution in [0.4, 0.5) is 0 Å². The summed E-state index contributed by atoms with van der Waals surface area (Å²) in [6.45, 7) is 3.79. The van der Waals surface area contributed by atoms with Crippen LogP contribution in [0.2, 0.25) is 0 Å². The van der Waals surface area contributed by atoms with Crippen molar-refractivity contribution in [3.8, 4) is 11.5 Å². The third kappa shape index (κ3) is 1.90. The lowest BCUT2D eigenvalue weighted by Crippen LogP contribution is -3.14. The SMILES string of the molecule is c1ccc2c(c1)Oc1ccccc1C2[NH+]1CCOCC1. The Hall–Kier alpha value is -1.84. The molecule has 2 aromatic carbocycles. The molecule has 2 heterocycles. The summed E-state index contributed by atoms with van der Waals surface area (Å²) in [5, 5.41) is 0. The van der Waals surface area contributed by atoms with E-state index in [1.54, 1.807) is 4.90 Å². The summed E-state index contributed by atoms with van der Waals surface area (Å²) in [5.41, 5.74) is 2.59. The Morgan fingerprint density at radius 1 is 0.800 bits per heavy atom. The number of hydrogen-bond donors (Lipinski definition) is 1. The van der Waals surface area contributed by atoms with E-state index < -0.39 is 0 Å². The number of benzene rings is 2. The summed E-state index contributed by atoms with van der Waals surface area (Å²) in [5.74, 6) is 1.99. The number of ether oxygens (including phenoxy) is 2. The largest absolute Gasteiger partial charge is 0.456 e. The van der Waals surface area contributed by atoms with Crippen molar-refractivity contribution in [1.29, 1.82) is 0 Å². The number of quaternary nitrogens is 1. The van der Waals surface area contributed by atoms with Crippen LogP contribution in [0.15, 0.2) is 48.5 Å². The molecule has 1 saturated heterocycles. The highest BCUT2D eigenvalue weighted by Crippen LogP contribution is 2.41. The first-order valence-electron chi connectivity index (χ1n) is 7.21. The van der Waals surface area contributed by atoms with Gasteiger partial charge in [-0.05, 0) is 24.3 Å². The average Bonchev–Trinajstić information content (AvgIpc) is 2.53. The lowest BCUT2D eigenvalue weighted by molar-refractivity contribution is -0.933. The molecule has 2 aliphatic rings. The number of rotatable bonds is 1. The molecule has 20 heavy (non-hydrogen) atoms. The van der Waals surface area contributed by atoms with Gasteiger partial charge >= 0.3 is 0 Å².